The van der Waals surface area contributed by atoms with Gasteiger partial charge in [0.15, 0.2) is 0 Å². The third-order valence-electron chi connectivity index (χ3n) is 5.11. The maximum atomic E-state index is 12.8. The van der Waals surface area contributed by atoms with Gasteiger partial charge in [-0.05, 0) is 18.1 Å². The number of nitrogens with zero attached hydrogens (tertiary/aromatic N) is 4. The third kappa shape index (κ3) is 3.06. The Morgan fingerprint density at radius 2 is 2.04 bits per heavy atom. The Kier molecular flexibility index (Phi) is 4.65. The molecule has 2 atom stereocenters. The number of aliphatic carboxylic acids is 1. The predicted octanol–water partition coefficient (Wildman–Crippen LogP) is 2.31. The van der Waals surface area contributed by atoms with Gasteiger partial charge in [-0.25, -0.2) is 14.6 Å². The molecule has 2 amide bonds. The fraction of sp³-hybridized carbons (Fsp3) is 0.500. The molecular weight excluding hydrogens is 320 g/mol. The number of imidazole rings is 1. The van der Waals surface area contributed by atoms with E-state index in [-0.39, 0.29) is 11.9 Å². The average Bonchev–Trinajstić information content (AvgIpc) is 3.10. The molecule has 1 aromatic heterocycles. The summed E-state index contributed by atoms with van der Waals surface area (Å²) in [6.07, 6.45) is 0.714. The van der Waals surface area contributed by atoms with Gasteiger partial charge in [0.2, 0.25) is 0 Å². The lowest BCUT2D eigenvalue weighted by Gasteiger charge is -2.28. The number of amides is 2. The first-order chi connectivity index (χ1) is 11.9. The molecule has 1 fully saturated rings. The second-order valence-corrected chi connectivity index (χ2v) is 6.64. The van der Waals surface area contributed by atoms with Crippen LogP contribution in [-0.2, 0) is 18.4 Å². The summed E-state index contributed by atoms with van der Waals surface area (Å²) < 4.78 is 1.98. The van der Waals surface area contributed by atoms with Gasteiger partial charge in [0.1, 0.15) is 11.9 Å². The molecule has 1 N–H and O–H groups in total. The van der Waals surface area contributed by atoms with Crippen molar-refractivity contribution in [1.82, 2.24) is 19.4 Å². The topological polar surface area (TPSA) is 78.7 Å². The summed E-state index contributed by atoms with van der Waals surface area (Å²) in [7, 11) is 1.93. The van der Waals surface area contributed by atoms with Gasteiger partial charge in [-0.1, -0.05) is 32.4 Å². The number of para-hydroxylation sites is 2. The zero-order valence-corrected chi connectivity index (χ0v) is 14.8. The first kappa shape index (κ1) is 17.3. The van der Waals surface area contributed by atoms with Gasteiger partial charge in [0.05, 0.1) is 17.6 Å². The van der Waals surface area contributed by atoms with Crippen molar-refractivity contribution in [2.45, 2.75) is 32.9 Å². The normalized spacial score (nSPS) is 17.3. The molecule has 1 aromatic carbocycles. The Labute approximate surface area is 146 Å². The highest BCUT2D eigenvalue weighted by molar-refractivity contribution is 5.84. The second-order valence-electron chi connectivity index (χ2n) is 6.64. The van der Waals surface area contributed by atoms with Gasteiger partial charge in [0.25, 0.3) is 0 Å². The van der Waals surface area contributed by atoms with E-state index in [4.69, 9.17) is 0 Å². The van der Waals surface area contributed by atoms with E-state index in [9.17, 15) is 14.7 Å². The van der Waals surface area contributed by atoms with Gasteiger partial charge >= 0.3 is 12.0 Å². The largest absolute Gasteiger partial charge is 0.480 e. The van der Waals surface area contributed by atoms with Crippen LogP contribution in [0.25, 0.3) is 11.0 Å². The minimum atomic E-state index is -0.938. The number of carboxylic acid groups (broad SMARTS) is 1. The number of hydrogen-bond donors (Lipinski definition) is 1. The maximum absolute atomic E-state index is 12.8. The molecule has 0 saturated carbocycles. The summed E-state index contributed by atoms with van der Waals surface area (Å²) in [4.78, 5) is 32.2. The van der Waals surface area contributed by atoms with Gasteiger partial charge in [-0.3, -0.25) is 0 Å². The lowest BCUT2D eigenvalue weighted by atomic mass is 9.98. The van der Waals surface area contributed by atoms with E-state index in [0.29, 0.717) is 26.1 Å². The SMILES string of the molecule is CC[C@H](C)[C@@H](C(=O)O)N1CCN(Cc2nc3ccccc3n2C)C1=O. The lowest BCUT2D eigenvalue weighted by Crippen LogP contribution is -2.47. The summed E-state index contributed by atoms with van der Waals surface area (Å²) in [6, 6.07) is 6.84. The number of hydrogen-bond acceptors (Lipinski definition) is 3. The van der Waals surface area contributed by atoms with Crippen molar-refractivity contribution in [1.29, 1.82) is 0 Å². The van der Waals surface area contributed by atoms with Gasteiger partial charge in [-0.2, -0.15) is 0 Å². The second kappa shape index (κ2) is 6.74. The lowest BCUT2D eigenvalue weighted by molar-refractivity contribution is -0.143. The molecule has 0 radical (unpaired) electrons. The highest BCUT2D eigenvalue weighted by atomic mass is 16.4. The highest BCUT2D eigenvalue weighted by Crippen LogP contribution is 2.23. The van der Waals surface area contributed by atoms with Crippen LogP contribution < -0.4 is 0 Å². The fourth-order valence-electron chi connectivity index (χ4n) is 3.42. The third-order valence-corrected chi connectivity index (χ3v) is 5.11. The average molecular weight is 344 g/mol. The van der Waals surface area contributed by atoms with E-state index in [2.05, 4.69) is 4.98 Å². The monoisotopic (exact) mass is 344 g/mol. The van der Waals surface area contributed by atoms with Gasteiger partial charge < -0.3 is 19.5 Å². The van der Waals surface area contributed by atoms with Crippen LogP contribution in [0.4, 0.5) is 4.79 Å². The quantitative estimate of drug-likeness (QED) is 0.872. The molecule has 134 valence electrons. The fourth-order valence-corrected chi connectivity index (χ4v) is 3.42. The molecule has 7 nitrogen and oxygen atoms in total. The van der Waals surface area contributed by atoms with Crippen molar-refractivity contribution in [3.63, 3.8) is 0 Å². The Morgan fingerprint density at radius 3 is 2.68 bits per heavy atom. The van der Waals surface area contributed by atoms with E-state index in [1.165, 1.54) is 4.90 Å². The van der Waals surface area contributed by atoms with Crippen LogP contribution in [0.1, 0.15) is 26.1 Å². The van der Waals surface area contributed by atoms with Crippen LogP contribution in [0, 0.1) is 5.92 Å². The first-order valence-electron chi connectivity index (χ1n) is 8.62. The Bertz CT molecular complexity index is 801. The molecule has 3 rings (SSSR count). The van der Waals surface area contributed by atoms with E-state index >= 15 is 0 Å². The molecule has 7 heteroatoms. The molecule has 0 aliphatic carbocycles. The summed E-state index contributed by atoms with van der Waals surface area (Å²) in [5, 5.41) is 9.54. The van der Waals surface area contributed by atoms with Gasteiger partial charge in [0, 0.05) is 20.1 Å². The number of aromatic nitrogens is 2. The summed E-state index contributed by atoms with van der Waals surface area (Å²) in [5.74, 6) is -0.226. The number of carboxylic acids is 1. The number of carbonyl (C=O) groups is 2. The van der Waals surface area contributed by atoms with Crippen molar-refractivity contribution in [2.75, 3.05) is 13.1 Å². The van der Waals surface area contributed by atoms with Crippen molar-refractivity contribution < 1.29 is 14.7 Å². The number of urea groups is 1. The van der Waals surface area contributed by atoms with E-state index in [1.807, 2.05) is 49.7 Å². The smallest absolute Gasteiger partial charge is 0.326 e. The number of aryl methyl sites for hydroxylation is 1. The molecule has 1 saturated heterocycles. The Morgan fingerprint density at radius 1 is 1.32 bits per heavy atom. The van der Waals surface area contributed by atoms with Crippen LogP contribution >= 0.6 is 0 Å². The first-order valence-corrected chi connectivity index (χ1v) is 8.62. The summed E-state index contributed by atoms with van der Waals surface area (Å²) in [6.45, 7) is 5.15. The van der Waals surface area contributed by atoms with Crippen molar-refractivity contribution in [3.8, 4) is 0 Å². The van der Waals surface area contributed by atoms with E-state index in [0.717, 1.165) is 16.9 Å². The van der Waals surface area contributed by atoms with E-state index in [1.54, 1.807) is 4.90 Å². The van der Waals surface area contributed by atoms with Crippen LogP contribution in [0.2, 0.25) is 0 Å². The number of carbonyl (C=O) groups excluding carboxylic acids is 1. The Balaban J connectivity index is 1.79. The number of benzene rings is 1. The zero-order valence-electron chi connectivity index (χ0n) is 14.8. The molecule has 1 aliphatic heterocycles. The van der Waals surface area contributed by atoms with Crippen molar-refractivity contribution >= 4 is 23.0 Å². The standard InChI is InChI=1S/C18H24N4O3/c1-4-12(2)16(17(23)24)22-10-9-21(18(22)25)11-15-19-13-7-5-6-8-14(13)20(15)3/h5-8,12,16H,4,9-11H2,1-3H3,(H,23,24)/t12-,16-/m0/s1. The van der Waals surface area contributed by atoms with Gasteiger partial charge in [-0.15, -0.1) is 0 Å². The van der Waals surface area contributed by atoms with E-state index < -0.39 is 12.0 Å². The summed E-state index contributed by atoms with van der Waals surface area (Å²) >= 11 is 0. The predicted molar refractivity (Wildman–Crippen MR) is 94.1 cm³/mol. The Hall–Kier alpha value is -2.57. The number of rotatable bonds is 6. The maximum Gasteiger partial charge on any atom is 0.326 e. The number of fused-ring (bicyclic) bond motifs is 1. The molecule has 25 heavy (non-hydrogen) atoms. The minimum absolute atomic E-state index is 0.0860. The zero-order chi connectivity index (χ0) is 18.1. The van der Waals surface area contributed by atoms with Crippen LogP contribution in [0.3, 0.4) is 0 Å². The molecule has 1 aliphatic rings. The highest BCUT2D eigenvalue weighted by Gasteiger charge is 2.39. The summed E-state index contributed by atoms with van der Waals surface area (Å²) in [5.41, 5.74) is 1.91. The van der Waals surface area contributed by atoms with Crippen LogP contribution in [0.15, 0.2) is 24.3 Å². The van der Waals surface area contributed by atoms with Crippen molar-refractivity contribution in [2.24, 2.45) is 13.0 Å². The molecule has 2 heterocycles. The molecule has 0 spiro atoms. The van der Waals surface area contributed by atoms with Crippen LogP contribution in [0.5, 0.6) is 0 Å². The van der Waals surface area contributed by atoms with Crippen molar-refractivity contribution in [3.05, 3.63) is 30.1 Å². The molecule has 0 unspecified atom stereocenters. The molecular formula is C18H24N4O3. The molecule has 0 bridgehead atoms. The molecule has 2 aromatic rings. The van der Waals surface area contributed by atoms with Crippen LogP contribution in [-0.4, -0.2) is 55.6 Å². The minimum Gasteiger partial charge on any atom is -0.480 e.